The predicted octanol–water partition coefficient (Wildman–Crippen LogP) is 6.98. The average molecular weight is 363 g/mol. The molecule has 1 aromatic carbocycles. The van der Waals surface area contributed by atoms with E-state index in [1.54, 1.807) is 6.07 Å². The summed E-state index contributed by atoms with van der Waals surface area (Å²) in [5, 5.41) is 0. The smallest absolute Gasteiger partial charge is 0.153 e. The standard InChI is InChI=1S/C23H38O3/c1-3-5-7-9-11-13-17-25-22-16-15-21(20-24)23(19-22)26-18-14-12-10-8-6-4-2/h15-16,19-20H,3-14,17-18H2,1-2H3. The van der Waals surface area contributed by atoms with E-state index in [-0.39, 0.29) is 0 Å². The molecule has 3 nitrogen and oxygen atoms in total. The van der Waals surface area contributed by atoms with Gasteiger partial charge in [0.15, 0.2) is 6.29 Å². The van der Waals surface area contributed by atoms with Crippen molar-refractivity contribution in [3.63, 3.8) is 0 Å². The summed E-state index contributed by atoms with van der Waals surface area (Å²) in [5.41, 5.74) is 0.600. The Morgan fingerprint density at radius 2 is 1.27 bits per heavy atom. The van der Waals surface area contributed by atoms with Crippen LogP contribution in [-0.2, 0) is 0 Å². The number of benzene rings is 1. The number of carbonyl (C=O) groups is 1. The Balaban J connectivity index is 2.29. The molecule has 0 aromatic heterocycles. The monoisotopic (exact) mass is 362 g/mol. The molecule has 3 heteroatoms. The molecule has 0 aliphatic carbocycles. The van der Waals surface area contributed by atoms with Crippen LogP contribution >= 0.6 is 0 Å². The van der Waals surface area contributed by atoms with Crippen LogP contribution in [0.1, 0.15) is 101 Å². The molecule has 0 unspecified atom stereocenters. The van der Waals surface area contributed by atoms with Gasteiger partial charge < -0.3 is 9.47 Å². The Labute approximate surface area is 160 Å². The van der Waals surface area contributed by atoms with Gasteiger partial charge in [-0.3, -0.25) is 4.79 Å². The van der Waals surface area contributed by atoms with Crippen molar-refractivity contribution in [3.05, 3.63) is 23.8 Å². The van der Waals surface area contributed by atoms with Crippen LogP contribution in [0.4, 0.5) is 0 Å². The van der Waals surface area contributed by atoms with Crippen molar-refractivity contribution in [2.45, 2.75) is 90.9 Å². The lowest BCUT2D eigenvalue weighted by Gasteiger charge is -2.11. The van der Waals surface area contributed by atoms with Gasteiger partial charge in [-0.05, 0) is 25.0 Å². The molecule has 0 amide bonds. The molecule has 1 aromatic rings. The summed E-state index contributed by atoms with van der Waals surface area (Å²) in [5.74, 6) is 1.44. The summed E-state index contributed by atoms with van der Waals surface area (Å²) in [6, 6.07) is 5.51. The highest BCUT2D eigenvalue weighted by molar-refractivity contribution is 5.79. The summed E-state index contributed by atoms with van der Waals surface area (Å²) in [4.78, 5) is 11.2. The maximum atomic E-state index is 11.2. The highest BCUT2D eigenvalue weighted by Crippen LogP contribution is 2.24. The SMILES string of the molecule is CCCCCCCCOc1ccc(C=O)c(OCCCCCCCC)c1. The first-order chi connectivity index (χ1) is 12.8. The Morgan fingerprint density at radius 3 is 1.85 bits per heavy atom. The molecule has 0 saturated heterocycles. The minimum Gasteiger partial charge on any atom is -0.493 e. The zero-order valence-electron chi connectivity index (χ0n) is 16.9. The number of hydrogen-bond donors (Lipinski definition) is 0. The van der Waals surface area contributed by atoms with E-state index in [9.17, 15) is 4.79 Å². The molecule has 0 atom stereocenters. The van der Waals surface area contributed by atoms with E-state index in [4.69, 9.17) is 9.47 Å². The van der Waals surface area contributed by atoms with Gasteiger partial charge in [-0.1, -0.05) is 78.1 Å². The van der Waals surface area contributed by atoms with Gasteiger partial charge in [0.1, 0.15) is 11.5 Å². The fourth-order valence-electron chi connectivity index (χ4n) is 2.96. The topological polar surface area (TPSA) is 35.5 Å². The Kier molecular flexibility index (Phi) is 13.6. The van der Waals surface area contributed by atoms with Gasteiger partial charge in [-0.25, -0.2) is 0 Å². The van der Waals surface area contributed by atoms with Gasteiger partial charge in [0, 0.05) is 6.07 Å². The minimum atomic E-state index is 0.600. The van der Waals surface area contributed by atoms with Crippen molar-refractivity contribution in [1.29, 1.82) is 0 Å². The molecule has 0 aliphatic heterocycles. The molecule has 0 fully saturated rings. The van der Waals surface area contributed by atoms with Gasteiger partial charge in [-0.2, -0.15) is 0 Å². The lowest BCUT2D eigenvalue weighted by molar-refractivity contribution is 0.111. The normalized spacial score (nSPS) is 10.7. The maximum Gasteiger partial charge on any atom is 0.153 e. The van der Waals surface area contributed by atoms with Gasteiger partial charge in [0.05, 0.1) is 18.8 Å². The fraction of sp³-hybridized carbons (Fsp3) is 0.696. The Hall–Kier alpha value is -1.51. The van der Waals surface area contributed by atoms with Crippen molar-refractivity contribution in [2.75, 3.05) is 13.2 Å². The van der Waals surface area contributed by atoms with Crippen molar-refractivity contribution in [2.24, 2.45) is 0 Å². The maximum absolute atomic E-state index is 11.2. The van der Waals surface area contributed by atoms with E-state index in [1.165, 1.54) is 64.2 Å². The number of rotatable bonds is 17. The molecule has 0 spiro atoms. The molecule has 148 valence electrons. The van der Waals surface area contributed by atoms with Crippen LogP contribution in [0.15, 0.2) is 18.2 Å². The zero-order chi connectivity index (χ0) is 18.9. The van der Waals surface area contributed by atoms with E-state index >= 15 is 0 Å². The number of unbranched alkanes of at least 4 members (excludes halogenated alkanes) is 10. The predicted molar refractivity (Wildman–Crippen MR) is 110 cm³/mol. The number of aldehydes is 1. The molecular weight excluding hydrogens is 324 g/mol. The molecular formula is C23H38O3. The number of carbonyl (C=O) groups excluding carboxylic acids is 1. The molecule has 1 rings (SSSR count). The van der Waals surface area contributed by atoms with Gasteiger partial charge in [-0.15, -0.1) is 0 Å². The third-order valence-corrected chi connectivity index (χ3v) is 4.63. The average Bonchev–Trinajstić information content (AvgIpc) is 2.66. The largest absolute Gasteiger partial charge is 0.493 e. The van der Waals surface area contributed by atoms with Crippen LogP contribution in [-0.4, -0.2) is 19.5 Å². The number of hydrogen-bond acceptors (Lipinski definition) is 3. The van der Waals surface area contributed by atoms with Gasteiger partial charge in [0.2, 0.25) is 0 Å². The zero-order valence-corrected chi connectivity index (χ0v) is 16.9. The first-order valence-electron chi connectivity index (χ1n) is 10.7. The molecule has 0 aliphatic rings. The van der Waals surface area contributed by atoms with Crippen molar-refractivity contribution in [3.8, 4) is 11.5 Å². The summed E-state index contributed by atoms with van der Waals surface area (Å²) >= 11 is 0. The highest BCUT2D eigenvalue weighted by atomic mass is 16.5. The second-order valence-corrected chi connectivity index (χ2v) is 7.05. The summed E-state index contributed by atoms with van der Waals surface area (Å²) in [6.07, 6.45) is 15.7. The quantitative estimate of drug-likeness (QED) is 0.221. The van der Waals surface area contributed by atoms with Crippen LogP contribution in [0.2, 0.25) is 0 Å². The first kappa shape index (κ1) is 22.5. The van der Waals surface area contributed by atoms with E-state index in [0.717, 1.165) is 31.5 Å². The molecule has 26 heavy (non-hydrogen) atoms. The second-order valence-electron chi connectivity index (χ2n) is 7.05. The van der Waals surface area contributed by atoms with Crippen LogP contribution in [0.5, 0.6) is 11.5 Å². The van der Waals surface area contributed by atoms with Crippen LogP contribution < -0.4 is 9.47 Å². The first-order valence-corrected chi connectivity index (χ1v) is 10.7. The second kappa shape index (κ2) is 15.7. The van der Waals surface area contributed by atoms with Crippen LogP contribution in [0, 0.1) is 0 Å². The van der Waals surface area contributed by atoms with E-state index < -0.39 is 0 Å². The summed E-state index contributed by atoms with van der Waals surface area (Å²) < 4.78 is 11.7. The summed E-state index contributed by atoms with van der Waals surface area (Å²) in [7, 11) is 0. The minimum absolute atomic E-state index is 0.600. The van der Waals surface area contributed by atoms with E-state index in [0.29, 0.717) is 17.9 Å². The van der Waals surface area contributed by atoms with Gasteiger partial charge >= 0.3 is 0 Å². The molecule has 0 N–H and O–H groups in total. The van der Waals surface area contributed by atoms with Crippen LogP contribution in [0.3, 0.4) is 0 Å². The lowest BCUT2D eigenvalue weighted by atomic mass is 10.1. The van der Waals surface area contributed by atoms with Crippen LogP contribution in [0.25, 0.3) is 0 Å². The molecule has 0 saturated carbocycles. The fourth-order valence-corrected chi connectivity index (χ4v) is 2.96. The molecule has 0 radical (unpaired) electrons. The highest BCUT2D eigenvalue weighted by Gasteiger charge is 2.06. The van der Waals surface area contributed by atoms with Crippen molar-refractivity contribution in [1.82, 2.24) is 0 Å². The molecule has 0 bridgehead atoms. The Morgan fingerprint density at radius 1 is 0.731 bits per heavy atom. The summed E-state index contributed by atoms with van der Waals surface area (Å²) in [6.45, 7) is 5.85. The van der Waals surface area contributed by atoms with Crippen molar-refractivity contribution < 1.29 is 14.3 Å². The van der Waals surface area contributed by atoms with Gasteiger partial charge in [0.25, 0.3) is 0 Å². The van der Waals surface area contributed by atoms with E-state index in [1.807, 2.05) is 12.1 Å². The van der Waals surface area contributed by atoms with E-state index in [2.05, 4.69) is 13.8 Å². The Bertz CT molecular complexity index is 471. The lowest BCUT2D eigenvalue weighted by Crippen LogP contribution is -2.02. The third-order valence-electron chi connectivity index (χ3n) is 4.63. The third kappa shape index (κ3) is 10.5. The molecule has 0 heterocycles. The number of ether oxygens (including phenoxy) is 2. The van der Waals surface area contributed by atoms with Crippen molar-refractivity contribution >= 4 is 6.29 Å².